The highest BCUT2D eigenvalue weighted by atomic mass is 79.9. The molecule has 2 aromatic heterocycles. The van der Waals surface area contributed by atoms with Gasteiger partial charge in [-0.25, -0.2) is 4.68 Å². The lowest BCUT2D eigenvalue weighted by Gasteiger charge is -2.28. The van der Waals surface area contributed by atoms with E-state index in [4.69, 9.17) is 9.47 Å². The minimum atomic E-state index is -0.171. The van der Waals surface area contributed by atoms with Gasteiger partial charge in [0.1, 0.15) is 12.4 Å². The standard InChI is InChI=1S/C24H27BrN4O3/c1-31-11-10-28-8-7-19-3-2-18(12-20(19)16-28)6-9-29-24(30)13-23(15-27-29)32-17-22-5-4-21(25)14-26-22/h2-5,12-15H,6-11,16-17H2,1H3. The van der Waals surface area contributed by atoms with Crippen LogP contribution in [0.5, 0.6) is 5.75 Å². The van der Waals surface area contributed by atoms with Crippen molar-refractivity contribution in [2.45, 2.75) is 32.5 Å². The number of nitrogens with zero attached hydrogens (tertiary/aromatic N) is 4. The summed E-state index contributed by atoms with van der Waals surface area (Å²) in [6.45, 7) is 4.54. The normalized spacial score (nSPS) is 13.7. The second kappa shape index (κ2) is 10.8. The summed E-state index contributed by atoms with van der Waals surface area (Å²) in [5.74, 6) is 0.445. The van der Waals surface area contributed by atoms with E-state index in [0.29, 0.717) is 12.3 Å². The summed E-state index contributed by atoms with van der Waals surface area (Å²) in [7, 11) is 1.74. The van der Waals surface area contributed by atoms with Crippen molar-refractivity contribution in [2.75, 3.05) is 26.8 Å². The minimum absolute atomic E-state index is 0.171. The van der Waals surface area contributed by atoms with Crippen molar-refractivity contribution in [3.8, 4) is 5.75 Å². The highest BCUT2D eigenvalue weighted by molar-refractivity contribution is 9.10. The number of fused-ring (bicyclic) bond motifs is 1. The Morgan fingerprint density at radius 2 is 2.00 bits per heavy atom. The Balaban J connectivity index is 1.34. The van der Waals surface area contributed by atoms with Gasteiger partial charge in [-0.2, -0.15) is 5.10 Å². The Kier molecular flexibility index (Phi) is 7.68. The molecule has 3 heterocycles. The quantitative estimate of drug-likeness (QED) is 0.451. The predicted octanol–water partition coefficient (Wildman–Crippen LogP) is 3.23. The molecule has 0 N–H and O–H groups in total. The first-order valence-electron chi connectivity index (χ1n) is 10.7. The first kappa shape index (κ1) is 22.6. The molecule has 0 bridgehead atoms. The van der Waals surface area contributed by atoms with E-state index in [1.54, 1.807) is 19.5 Å². The first-order valence-corrected chi connectivity index (χ1v) is 11.5. The zero-order valence-corrected chi connectivity index (χ0v) is 19.8. The number of aryl methyl sites for hydroxylation is 2. The van der Waals surface area contributed by atoms with Crippen LogP contribution in [0.3, 0.4) is 0 Å². The van der Waals surface area contributed by atoms with Gasteiger partial charge in [0, 0.05) is 50.0 Å². The third-order valence-electron chi connectivity index (χ3n) is 5.61. The number of hydrogen-bond acceptors (Lipinski definition) is 6. The summed E-state index contributed by atoms with van der Waals surface area (Å²) in [5.41, 5.74) is 4.61. The topological polar surface area (TPSA) is 69.5 Å². The molecule has 0 spiro atoms. The Bertz CT molecular complexity index is 1100. The molecule has 0 saturated carbocycles. The second-order valence-corrected chi connectivity index (χ2v) is 8.80. The maximum absolute atomic E-state index is 12.5. The Morgan fingerprint density at radius 3 is 2.78 bits per heavy atom. The van der Waals surface area contributed by atoms with Crippen LogP contribution < -0.4 is 10.3 Å². The van der Waals surface area contributed by atoms with Gasteiger partial charge in [0.25, 0.3) is 5.56 Å². The maximum Gasteiger partial charge on any atom is 0.270 e. The predicted molar refractivity (Wildman–Crippen MR) is 126 cm³/mol. The summed E-state index contributed by atoms with van der Waals surface area (Å²) in [5, 5.41) is 4.28. The number of halogens is 1. The third kappa shape index (κ3) is 6.03. The molecule has 0 unspecified atom stereocenters. The van der Waals surface area contributed by atoms with Crippen molar-refractivity contribution in [3.05, 3.63) is 86.0 Å². The fraction of sp³-hybridized carbons (Fsp3) is 0.375. The lowest BCUT2D eigenvalue weighted by Crippen LogP contribution is -2.33. The van der Waals surface area contributed by atoms with E-state index in [2.05, 4.69) is 49.1 Å². The van der Waals surface area contributed by atoms with Gasteiger partial charge in [-0.15, -0.1) is 0 Å². The van der Waals surface area contributed by atoms with Crippen molar-refractivity contribution in [1.82, 2.24) is 19.7 Å². The van der Waals surface area contributed by atoms with Crippen LogP contribution in [0.1, 0.15) is 22.4 Å². The molecule has 0 aliphatic carbocycles. The van der Waals surface area contributed by atoms with Gasteiger partial charge < -0.3 is 9.47 Å². The average molecular weight is 499 g/mol. The van der Waals surface area contributed by atoms with Gasteiger partial charge in [0.15, 0.2) is 0 Å². The number of pyridine rings is 1. The van der Waals surface area contributed by atoms with Gasteiger partial charge in [0.2, 0.25) is 0 Å². The van der Waals surface area contributed by atoms with Crippen LogP contribution in [-0.2, 0) is 37.3 Å². The highest BCUT2D eigenvalue weighted by Gasteiger charge is 2.16. The molecule has 0 atom stereocenters. The van der Waals surface area contributed by atoms with Crippen molar-refractivity contribution >= 4 is 15.9 Å². The average Bonchev–Trinajstić information content (AvgIpc) is 2.81. The number of rotatable bonds is 9. The Hall–Kier alpha value is -2.55. The number of ether oxygens (including phenoxy) is 2. The summed E-state index contributed by atoms with van der Waals surface area (Å²) in [6.07, 6.45) is 5.12. The van der Waals surface area contributed by atoms with E-state index >= 15 is 0 Å². The lowest BCUT2D eigenvalue weighted by atomic mass is 9.96. The molecule has 32 heavy (non-hydrogen) atoms. The van der Waals surface area contributed by atoms with Crippen LogP contribution in [-0.4, -0.2) is 46.5 Å². The monoisotopic (exact) mass is 498 g/mol. The number of aromatic nitrogens is 3. The fourth-order valence-corrected chi connectivity index (χ4v) is 4.02. The zero-order chi connectivity index (χ0) is 22.3. The van der Waals surface area contributed by atoms with E-state index < -0.39 is 0 Å². The zero-order valence-electron chi connectivity index (χ0n) is 18.2. The largest absolute Gasteiger partial charge is 0.485 e. The number of benzene rings is 1. The molecule has 1 aliphatic heterocycles. The van der Waals surface area contributed by atoms with E-state index in [0.717, 1.165) is 49.2 Å². The van der Waals surface area contributed by atoms with Crippen LogP contribution in [0, 0.1) is 0 Å². The van der Waals surface area contributed by atoms with Gasteiger partial charge in [-0.3, -0.25) is 14.7 Å². The molecule has 0 radical (unpaired) electrons. The van der Waals surface area contributed by atoms with Crippen molar-refractivity contribution < 1.29 is 9.47 Å². The molecule has 0 saturated heterocycles. The molecule has 1 aromatic carbocycles. The lowest BCUT2D eigenvalue weighted by molar-refractivity contribution is 0.141. The van der Waals surface area contributed by atoms with Crippen molar-refractivity contribution in [2.24, 2.45) is 0 Å². The van der Waals surface area contributed by atoms with E-state index in [1.807, 2.05) is 12.1 Å². The summed E-state index contributed by atoms with van der Waals surface area (Å²) < 4.78 is 13.3. The van der Waals surface area contributed by atoms with Gasteiger partial charge in [-0.05, 0) is 57.6 Å². The van der Waals surface area contributed by atoms with Crippen molar-refractivity contribution in [3.63, 3.8) is 0 Å². The van der Waals surface area contributed by atoms with Crippen LogP contribution in [0.15, 0.2) is 58.1 Å². The van der Waals surface area contributed by atoms with Crippen LogP contribution >= 0.6 is 15.9 Å². The molecular weight excluding hydrogens is 472 g/mol. The van der Waals surface area contributed by atoms with E-state index in [9.17, 15) is 4.79 Å². The van der Waals surface area contributed by atoms with Crippen molar-refractivity contribution in [1.29, 1.82) is 0 Å². The summed E-state index contributed by atoms with van der Waals surface area (Å²) >= 11 is 3.36. The maximum atomic E-state index is 12.5. The molecule has 1 aliphatic rings. The van der Waals surface area contributed by atoms with Gasteiger partial charge in [0.05, 0.1) is 18.5 Å². The molecule has 4 rings (SSSR count). The molecule has 8 heteroatoms. The molecule has 3 aromatic rings. The second-order valence-electron chi connectivity index (χ2n) is 7.88. The van der Waals surface area contributed by atoms with Gasteiger partial charge in [-0.1, -0.05) is 18.2 Å². The van der Waals surface area contributed by atoms with E-state index in [-0.39, 0.29) is 12.2 Å². The summed E-state index contributed by atoms with van der Waals surface area (Å²) in [4.78, 5) is 19.2. The van der Waals surface area contributed by atoms with Gasteiger partial charge >= 0.3 is 0 Å². The first-order chi connectivity index (χ1) is 15.6. The number of hydrogen-bond donors (Lipinski definition) is 0. The Labute approximate surface area is 196 Å². The SMILES string of the molecule is COCCN1CCc2ccc(CCn3ncc(OCc4ccc(Br)cn4)cc3=O)cc2C1. The molecule has 168 valence electrons. The smallest absolute Gasteiger partial charge is 0.270 e. The highest BCUT2D eigenvalue weighted by Crippen LogP contribution is 2.21. The number of methoxy groups -OCH3 is 1. The fourth-order valence-electron chi connectivity index (χ4n) is 3.78. The molecular formula is C24H27BrN4O3. The minimum Gasteiger partial charge on any atom is -0.485 e. The molecule has 7 nitrogen and oxygen atoms in total. The van der Waals surface area contributed by atoms with E-state index in [1.165, 1.54) is 27.4 Å². The Morgan fingerprint density at radius 1 is 1.09 bits per heavy atom. The summed E-state index contributed by atoms with van der Waals surface area (Å²) in [6, 6.07) is 11.9. The third-order valence-corrected chi connectivity index (χ3v) is 6.07. The van der Waals surface area contributed by atoms with Crippen LogP contribution in [0.2, 0.25) is 0 Å². The van der Waals surface area contributed by atoms with Crippen LogP contribution in [0.25, 0.3) is 0 Å². The molecule has 0 fully saturated rings. The molecule has 0 amide bonds. The van der Waals surface area contributed by atoms with Crippen LogP contribution in [0.4, 0.5) is 0 Å².